The minimum Gasteiger partial charge on any atom is -0.361 e. The first-order valence-corrected chi connectivity index (χ1v) is 9.73. The van der Waals surface area contributed by atoms with Crippen molar-refractivity contribution in [2.75, 3.05) is 31.1 Å². The van der Waals surface area contributed by atoms with Gasteiger partial charge < -0.3 is 19.6 Å². The number of rotatable bonds is 4. The van der Waals surface area contributed by atoms with Crippen LogP contribution < -0.4 is 10.2 Å². The van der Waals surface area contributed by atoms with Crippen molar-refractivity contribution in [1.29, 1.82) is 0 Å². The van der Waals surface area contributed by atoms with Gasteiger partial charge in [0.1, 0.15) is 12.1 Å². The van der Waals surface area contributed by atoms with Crippen LogP contribution in [-0.2, 0) is 4.79 Å². The van der Waals surface area contributed by atoms with Crippen LogP contribution in [0.25, 0.3) is 0 Å². The maximum Gasteiger partial charge on any atom is 0.273 e. The van der Waals surface area contributed by atoms with Gasteiger partial charge in [-0.1, -0.05) is 5.16 Å². The Balaban J connectivity index is 1.22. The molecule has 1 saturated carbocycles. The van der Waals surface area contributed by atoms with Crippen molar-refractivity contribution in [2.45, 2.75) is 38.6 Å². The fourth-order valence-corrected chi connectivity index (χ4v) is 3.97. The molecule has 2 aromatic rings. The monoisotopic (exact) mass is 387 g/mol. The van der Waals surface area contributed by atoms with Crippen molar-refractivity contribution in [1.82, 2.24) is 30.6 Å². The highest BCUT2D eigenvalue weighted by Crippen LogP contribution is 2.27. The normalized spacial score (nSPS) is 22.9. The highest BCUT2D eigenvalue weighted by atomic mass is 16.5. The van der Waals surface area contributed by atoms with Crippen LogP contribution in [0.15, 0.2) is 16.9 Å². The van der Waals surface area contributed by atoms with Gasteiger partial charge in [-0.15, -0.1) is 0 Å². The van der Waals surface area contributed by atoms with E-state index in [0.717, 1.165) is 44.7 Å². The Morgan fingerprint density at radius 3 is 2.54 bits per heavy atom. The van der Waals surface area contributed by atoms with E-state index in [2.05, 4.69) is 30.6 Å². The average molecular weight is 387 g/mol. The summed E-state index contributed by atoms with van der Waals surface area (Å²) in [5.74, 6) is 1.43. The maximum absolute atomic E-state index is 12.9. The van der Waals surface area contributed by atoms with E-state index in [-0.39, 0.29) is 23.8 Å². The van der Waals surface area contributed by atoms with Crippen LogP contribution >= 0.6 is 0 Å². The second-order valence-corrected chi connectivity index (χ2v) is 7.47. The lowest BCUT2D eigenvalue weighted by Gasteiger charge is -2.37. The summed E-state index contributed by atoms with van der Waals surface area (Å²) in [6.07, 6.45) is 4.69. The Morgan fingerprint density at radius 1 is 1.18 bits per heavy atom. The number of nitrogens with zero attached hydrogens (tertiary/aromatic N) is 5. The van der Waals surface area contributed by atoms with Gasteiger partial charge in [-0.05, 0) is 32.6 Å². The van der Waals surface area contributed by atoms with Crippen LogP contribution in [0.3, 0.4) is 0 Å². The average Bonchev–Trinajstić information content (AvgIpc) is 3.40. The zero-order valence-electron chi connectivity index (χ0n) is 15.9. The van der Waals surface area contributed by atoms with Crippen LogP contribution in [-0.4, -0.2) is 69.3 Å². The molecule has 2 aliphatic rings. The number of amides is 2. The molecular formula is C18H25N7O3. The lowest BCUT2D eigenvalue weighted by atomic mass is 9.85. The second-order valence-electron chi connectivity index (χ2n) is 7.47. The quantitative estimate of drug-likeness (QED) is 0.794. The van der Waals surface area contributed by atoms with Crippen molar-refractivity contribution in [3.05, 3.63) is 23.8 Å². The summed E-state index contributed by atoms with van der Waals surface area (Å²) in [5.41, 5.74) is 0.306. The van der Waals surface area contributed by atoms with Gasteiger partial charge in [0.2, 0.25) is 11.9 Å². The molecule has 2 N–H and O–H groups in total. The Morgan fingerprint density at radius 2 is 1.93 bits per heavy atom. The summed E-state index contributed by atoms with van der Waals surface area (Å²) < 4.78 is 4.95. The van der Waals surface area contributed by atoms with E-state index in [0.29, 0.717) is 24.5 Å². The molecule has 10 nitrogen and oxygen atoms in total. The largest absolute Gasteiger partial charge is 0.361 e. The highest BCUT2D eigenvalue weighted by Gasteiger charge is 2.32. The van der Waals surface area contributed by atoms with E-state index in [4.69, 9.17) is 4.52 Å². The summed E-state index contributed by atoms with van der Waals surface area (Å²) in [4.78, 5) is 33.3. The van der Waals surface area contributed by atoms with Crippen molar-refractivity contribution in [2.24, 2.45) is 5.92 Å². The fraction of sp³-hybridized carbons (Fsp3) is 0.611. The fourth-order valence-electron chi connectivity index (χ4n) is 3.97. The summed E-state index contributed by atoms with van der Waals surface area (Å²) in [6, 6.07) is 1.71. The molecule has 0 radical (unpaired) electrons. The predicted octanol–water partition coefficient (Wildman–Crippen LogP) is 0.739. The number of anilines is 1. The third kappa shape index (κ3) is 4.00. The lowest BCUT2D eigenvalue weighted by molar-refractivity contribution is -0.137. The number of nitrogens with one attached hydrogen (secondary N) is 2. The Kier molecular flexibility index (Phi) is 5.27. The van der Waals surface area contributed by atoms with Gasteiger partial charge in [0.15, 0.2) is 5.69 Å². The Bertz CT molecular complexity index is 803. The standard InChI is InChI=1S/C18H25N7O3/c1-12-10-15(23-28-12)16(26)21-14-4-2-13(3-5-14)17(27)24-6-8-25(9-7-24)18-19-11-20-22-18/h10-11,13-14H,2-9H2,1H3,(H,21,26)(H,19,20,22). The molecule has 1 aliphatic carbocycles. The third-order valence-corrected chi connectivity index (χ3v) is 5.57. The summed E-state index contributed by atoms with van der Waals surface area (Å²) in [7, 11) is 0. The van der Waals surface area contributed by atoms with Crippen molar-refractivity contribution in [3.8, 4) is 0 Å². The molecule has 0 aromatic carbocycles. The van der Waals surface area contributed by atoms with Gasteiger partial charge in [0.05, 0.1) is 0 Å². The second kappa shape index (κ2) is 7.99. The molecule has 0 bridgehead atoms. The molecule has 1 saturated heterocycles. The molecule has 2 amide bonds. The van der Waals surface area contributed by atoms with Crippen LogP contribution in [0, 0.1) is 12.8 Å². The summed E-state index contributed by atoms with van der Waals surface area (Å²) >= 11 is 0. The number of carbonyl (C=O) groups is 2. The number of hydrogen-bond acceptors (Lipinski definition) is 7. The van der Waals surface area contributed by atoms with Gasteiger partial charge in [0.25, 0.3) is 5.91 Å². The molecule has 0 atom stereocenters. The van der Waals surface area contributed by atoms with E-state index >= 15 is 0 Å². The number of H-pyrrole nitrogens is 1. The molecule has 150 valence electrons. The van der Waals surface area contributed by atoms with Crippen LogP contribution in [0.4, 0.5) is 5.95 Å². The van der Waals surface area contributed by atoms with Gasteiger partial charge in [-0.2, -0.15) is 10.1 Å². The Labute approximate surface area is 162 Å². The number of hydrogen-bond donors (Lipinski definition) is 2. The van der Waals surface area contributed by atoms with Crippen LogP contribution in [0.1, 0.15) is 41.9 Å². The lowest BCUT2D eigenvalue weighted by Crippen LogP contribution is -2.51. The molecule has 1 aliphatic heterocycles. The summed E-state index contributed by atoms with van der Waals surface area (Å²) in [6.45, 7) is 4.66. The topological polar surface area (TPSA) is 120 Å². The first kappa shape index (κ1) is 18.5. The molecule has 2 fully saturated rings. The Hall–Kier alpha value is -2.91. The van der Waals surface area contributed by atoms with Crippen molar-refractivity contribution < 1.29 is 14.1 Å². The highest BCUT2D eigenvalue weighted by molar-refractivity contribution is 5.92. The number of aromatic amines is 1. The predicted molar refractivity (Wildman–Crippen MR) is 99.6 cm³/mol. The minimum absolute atomic E-state index is 0.0410. The third-order valence-electron chi connectivity index (χ3n) is 5.57. The van der Waals surface area contributed by atoms with Crippen LogP contribution in [0.5, 0.6) is 0 Å². The number of aromatic nitrogens is 4. The smallest absolute Gasteiger partial charge is 0.273 e. The molecular weight excluding hydrogens is 362 g/mol. The van der Waals surface area contributed by atoms with Gasteiger partial charge >= 0.3 is 0 Å². The first-order valence-electron chi connectivity index (χ1n) is 9.73. The number of piperazine rings is 1. The first-order chi connectivity index (χ1) is 13.6. The van der Waals surface area contributed by atoms with Crippen molar-refractivity contribution >= 4 is 17.8 Å². The SMILES string of the molecule is Cc1cc(C(=O)NC2CCC(C(=O)N3CCN(c4ncn[nH]4)CC3)CC2)no1. The number of carbonyl (C=O) groups excluding carboxylic acids is 2. The molecule has 0 unspecified atom stereocenters. The van der Waals surface area contributed by atoms with E-state index in [1.54, 1.807) is 13.0 Å². The van der Waals surface area contributed by atoms with E-state index < -0.39 is 0 Å². The van der Waals surface area contributed by atoms with Gasteiger partial charge in [-0.25, -0.2) is 5.10 Å². The maximum atomic E-state index is 12.9. The molecule has 2 aromatic heterocycles. The van der Waals surface area contributed by atoms with Crippen LogP contribution in [0.2, 0.25) is 0 Å². The zero-order chi connectivity index (χ0) is 19.5. The molecule has 4 rings (SSSR count). The zero-order valence-corrected chi connectivity index (χ0v) is 15.9. The summed E-state index contributed by atoms with van der Waals surface area (Å²) in [5, 5.41) is 13.5. The van der Waals surface area contributed by atoms with E-state index in [1.165, 1.54) is 6.33 Å². The van der Waals surface area contributed by atoms with Crippen molar-refractivity contribution in [3.63, 3.8) is 0 Å². The van der Waals surface area contributed by atoms with Gasteiger partial charge in [0, 0.05) is 44.2 Å². The minimum atomic E-state index is -0.213. The molecule has 28 heavy (non-hydrogen) atoms. The van der Waals surface area contributed by atoms with E-state index in [9.17, 15) is 9.59 Å². The molecule has 10 heteroatoms. The molecule has 3 heterocycles. The number of aryl methyl sites for hydroxylation is 1. The van der Waals surface area contributed by atoms with Gasteiger partial charge in [-0.3, -0.25) is 9.59 Å². The van der Waals surface area contributed by atoms with E-state index in [1.807, 2.05) is 4.90 Å². The molecule has 0 spiro atoms.